The second-order valence-electron chi connectivity index (χ2n) is 5.15. The van der Waals surface area contributed by atoms with Crippen LogP contribution in [0.15, 0.2) is 36.4 Å². The fourth-order valence-corrected chi connectivity index (χ4v) is 2.24. The Bertz CT molecular complexity index is 642. The number of carbonyl (C=O) groups is 1. The number of anilines is 1. The molecule has 0 saturated heterocycles. The maximum absolute atomic E-state index is 10.8. The number of benzene rings is 2. The quantitative estimate of drug-likeness (QED) is 0.624. The Kier molecular flexibility index (Phi) is 4.77. The smallest absolute Gasteiger partial charge is 0.216 e. The Morgan fingerprint density at radius 1 is 1.19 bits per heavy atom. The molecular weight excluding hydrogens is 268 g/mol. The topological polar surface area (TPSA) is 95.6 Å². The van der Waals surface area contributed by atoms with E-state index in [1.165, 1.54) is 6.92 Å². The fourth-order valence-electron chi connectivity index (χ4n) is 2.24. The molecule has 0 aliphatic rings. The lowest BCUT2D eigenvalue weighted by Gasteiger charge is -2.18. The van der Waals surface area contributed by atoms with Gasteiger partial charge < -0.3 is 21.3 Å². The second-order valence-corrected chi connectivity index (χ2v) is 5.15. The van der Waals surface area contributed by atoms with Gasteiger partial charge in [-0.15, -0.1) is 0 Å². The summed E-state index contributed by atoms with van der Waals surface area (Å²) in [4.78, 5) is 10.8. The van der Waals surface area contributed by atoms with Gasteiger partial charge in [-0.2, -0.15) is 0 Å². The summed E-state index contributed by atoms with van der Waals surface area (Å²) in [6.07, 6.45) is -1.62. The van der Waals surface area contributed by atoms with Gasteiger partial charge in [0, 0.05) is 19.2 Å². The maximum atomic E-state index is 10.8. The molecule has 0 heterocycles. The van der Waals surface area contributed by atoms with Crippen molar-refractivity contribution in [2.75, 3.05) is 12.3 Å². The van der Waals surface area contributed by atoms with E-state index in [1.807, 2.05) is 24.3 Å². The zero-order valence-corrected chi connectivity index (χ0v) is 11.9. The van der Waals surface area contributed by atoms with Gasteiger partial charge in [-0.05, 0) is 41.0 Å². The summed E-state index contributed by atoms with van der Waals surface area (Å²) < 4.78 is 0. The van der Waals surface area contributed by atoms with E-state index in [0.717, 1.165) is 10.8 Å². The van der Waals surface area contributed by atoms with Crippen molar-refractivity contribution in [3.05, 3.63) is 42.0 Å². The molecule has 2 aromatic carbocycles. The number of nitrogens with two attached hydrogens (primary N) is 1. The molecule has 2 atom stereocenters. The van der Waals surface area contributed by atoms with Crippen LogP contribution in [-0.4, -0.2) is 28.8 Å². The van der Waals surface area contributed by atoms with E-state index < -0.39 is 12.2 Å². The van der Waals surface area contributed by atoms with Crippen molar-refractivity contribution in [1.29, 1.82) is 0 Å². The first-order valence-corrected chi connectivity index (χ1v) is 6.87. The third-order valence-electron chi connectivity index (χ3n) is 3.41. The molecule has 112 valence electrons. The van der Waals surface area contributed by atoms with Gasteiger partial charge in [-0.1, -0.05) is 18.2 Å². The summed E-state index contributed by atoms with van der Waals surface area (Å²) in [5.41, 5.74) is 7.05. The molecule has 1 amide bonds. The lowest BCUT2D eigenvalue weighted by atomic mass is 9.98. The van der Waals surface area contributed by atoms with E-state index in [4.69, 9.17) is 5.73 Å². The lowest BCUT2D eigenvalue weighted by molar-refractivity contribution is -0.119. The third kappa shape index (κ3) is 3.93. The molecule has 0 aliphatic heterocycles. The number of nitrogens with one attached hydrogen (secondary N) is 1. The standard InChI is InChI=1S/C16H20N2O3/c1-10(19)18-7-6-15(20)16(21)13-3-2-12-9-14(17)5-4-11(12)8-13/h2-5,8-9,15-16,20-21H,6-7,17H2,1H3,(H,18,19). The maximum Gasteiger partial charge on any atom is 0.216 e. The van der Waals surface area contributed by atoms with Gasteiger partial charge in [0.25, 0.3) is 0 Å². The fraction of sp³-hybridized carbons (Fsp3) is 0.312. The van der Waals surface area contributed by atoms with Crippen LogP contribution in [0.4, 0.5) is 5.69 Å². The monoisotopic (exact) mass is 288 g/mol. The zero-order valence-electron chi connectivity index (χ0n) is 11.9. The van der Waals surface area contributed by atoms with Crippen LogP contribution in [0.1, 0.15) is 25.0 Å². The van der Waals surface area contributed by atoms with Gasteiger partial charge in [-0.3, -0.25) is 4.79 Å². The van der Waals surface area contributed by atoms with E-state index in [-0.39, 0.29) is 5.91 Å². The molecule has 5 N–H and O–H groups in total. The van der Waals surface area contributed by atoms with Crippen molar-refractivity contribution in [3.63, 3.8) is 0 Å². The molecule has 5 nitrogen and oxygen atoms in total. The van der Waals surface area contributed by atoms with Crippen LogP contribution < -0.4 is 11.1 Å². The van der Waals surface area contributed by atoms with Crippen molar-refractivity contribution in [1.82, 2.24) is 5.32 Å². The Morgan fingerprint density at radius 2 is 1.86 bits per heavy atom. The predicted molar refractivity (Wildman–Crippen MR) is 82.6 cm³/mol. The third-order valence-corrected chi connectivity index (χ3v) is 3.41. The van der Waals surface area contributed by atoms with Gasteiger partial charge in [-0.25, -0.2) is 0 Å². The molecule has 0 aromatic heterocycles. The molecule has 2 aromatic rings. The number of carbonyl (C=O) groups excluding carboxylic acids is 1. The molecule has 0 saturated carbocycles. The van der Waals surface area contributed by atoms with E-state index >= 15 is 0 Å². The van der Waals surface area contributed by atoms with Gasteiger partial charge in [0.15, 0.2) is 0 Å². The molecule has 2 unspecified atom stereocenters. The molecule has 0 radical (unpaired) electrons. The Morgan fingerprint density at radius 3 is 2.57 bits per heavy atom. The number of hydrogen-bond donors (Lipinski definition) is 4. The molecule has 21 heavy (non-hydrogen) atoms. The van der Waals surface area contributed by atoms with Crippen LogP contribution in [0.2, 0.25) is 0 Å². The number of aliphatic hydroxyl groups excluding tert-OH is 2. The summed E-state index contributed by atoms with van der Waals surface area (Å²) in [6, 6.07) is 11.0. The summed E-state index contributed by atoms with van der Waals surface area (Å²) >= 11 is 0. The summed E-state index contributed by atoms with van der Waals surface area (Å²) in [5, 5.41) is 24.7. The minimum atomic E-state index is -0.985. The Labute approximate surface area is 123 Å². The SMILES string of the molecule is CC(=O)NCCC(O)C(O)c1ccc2cc(N)ccc2c1. The summed E-state index contributed by atoms with van der Waals surface area (Å²) in [7, 11) is 0. The van der Waals surface area contributed by atoms with E-state index in [1.54, 1.807) is 12.1 Å². The molecule has 0 aliphatic carbocycles. The molecule has 0 bridgehead atoms. The molecule has 0 fully saturated rings. The highest BCUT2D eigenvalue weighted by Crippen LogP contribution is 2.24. The normalized spacial score (nSPS) is 13.9. The van der Waals surface area contributed by atoms with Gasteiger partial charge in [0.1, 0.15) is 6.10 Å². The predicted octanol–water partition coefficient (Wildman–Crippen LogP) is 1.34. The van der Waals surface area contributed by atoms with Crippen LogP contribution in [0.25, 0.3) is 10.8 Å². The Balaban J connectivity index is 2.09. The van der Waals surface area contributed by atoms with Crippen LogP contribution in [0.3, 0.4) is 0 Å². The molecule has 5 heteroatoms. The van der Waals surface area contributed by atoms with Gasteiger partial charge >= 0.3 is 0 Å². The minimum Gasteiger partial charge on any atom is -0.399 e. The van der Waals surface area contributed by atoms with Crippen molar-refractivity contribution >= 4 is 22.4 Å². The summed E-state index contributed by atoms with van der Waals surface area (Å²) in [5.74, 6) is -0.153. The van der Waals surface area contributed by atoms with Crippen LogP contribution in [0, 0.1) is 0 Å². The Hall–Kier alpha value is -2.11. The first-order chi connectivity index (χ1) is 9.97. The van der Waals surface area contributed by atoms with Crippen molar-refractivity contribution in [2.24, 2.45) is 0 Å². The van der Waals surface area contributed by atoms with Crippen molar-refractivity contribution in [2.45, 2.75) is 25.6 Å². The minimum absolute atomic E-state index is 0.153. The van der Waals surface area contributed by atoms with E-state index in [9.17, 15) is 15.0 Å². The number of hydrogen-bond acceptors (Lipinski definition) is 4. The van der Waals surface area contributed by atoms with Crippen LogP contribution in [-0.2, 0) is 4.79 Å². The average Bonchev–Trinajstić information content (AvgIpc) is 2.45. The number of aliphatic hydroxyl groups is 2. The largest absolute Gasteiger partial charge is 0.399 e. The number of rotatable bonds is 5. The first kappa shape index (κ1) is 15.3. The van der Waals surface area contributed by atoms with E-state index in [2.05, 4.69) is 5.32 Å². The molecular formula is C16H20N2O3. The van der Waals surface area contributed by atoms with E-state index in [0.29, 0.717) is 24.2 Å². The lowest BCUT2D eigenvalue weighted by Crippen LogP contribution is -2.27. The van der Waals surface area contributed by atoms with Gasteiger partial charge in [0.2, 0.25) is 5.91 Å². The average molecular weight is 288 g/mol. The van der Waals surface area contributed by atoms with Crippen molar-refractivity contribution in [3.8, 4) is 0 Å². The number of fused-ring (bicyclic) bond motifs is 1. The number of amides is 1. The highest BCUT2D eigenvalue weighted by Gasteiger charge is 2.18. The summed E-state index contributed by atoms with van der Waals surface area (Å²) in [6.45, 7) is 1.75. The van der Waals surface area contributed by atoms with Crippen LogP contribution >= 0.6 is 0 Å². The molecule has 2 rings (SSSR count). The highest BCUT2D eigenvalue weighted by atomic mass is 16.3. The van der Waals surface area contributed by atoms with Crippen LogP contribution in [0.5, 0.6) is 0 Å². The second kappa shape index (κ2) is 6.56. The number of nitrogen functional groups attached to an aromatic ring is 1. The van der Waals surface area contributed by atoms with Crippen molar-refractivity contribution < 1.29 is 15.0 Å². The highest BCUT2D eigenvalue weighted by molar-refractivity contribution is 5.86. The zero-order chi connectivity index (χ0) is 15.4. The molecule has 0 spiro atoms. The first-order valence-electron chi connectivity index (χ1n) is 6.87. The van der Waals surface area contributed by atoms with Gasteiger partial charge in [0.05, 0.1) is 6.10 Å².